The number of rotatable bonds is 6. The third-order valence-corrected chi connectivity index (χ3v) is 3.03. The van der Waals surface area contributed by atoms with E-state index in [0.717, 1.165) is 0 Å². The van der Waals surface area contributed by atoms with E-state index in [4.69, 9.17) is 22.1 Å². The largest absolute Gasteiger partial charge is 0.492 e. The van der Waals surface area contributed by atoms with Gasteiger partial charge in [0.15, 0.2) is 0 Å². The molecule has 1 aromatic carbocycles. The molecule has 1 unspecified atom stereocenters. The van der Waals surface area contributed by atoms with Crippen molar-refractivity contribution in [2.24, 2.45) is 11.7 Å². The Morgan fingerprint density at radius 1 is 1.47 bits per heavy atom. The van der Waals surface area contributed by atoms with Crippen LogP contribution in [0.4, 0.5) is 5.69 Å². The molecule has 19 heavy (non-hydrogen) atoms. The number of nitrogens with one attached hydrogen (secondary N) is 1. The maximum Gasteiger partial charge on any atom is 0.226 e. The zero-order valence-corrected chi connectivity index (χ0v) is 12.3. The van der Waals surface area contributed by atoms with Crippen molar-refractivity contribution in [2.75, 3.05) is 11.9 Å². The molecule has 0 spiro atoms. The quantitative estimate of drug-likeness (QED) is 0.844. The Morgan fingerprint density at radius 3 is 2.74 bits per heavy atom. The van der Waals surface area contributed by atoms with Gasteiger partial charge in [0.2, 0.25) is 5.91 Å². The first-order valence-corrected chi connectivity index (χ1v) is 6.79. The highest BCUT2D eigenvalue weighted by molar-refractivity contribution is 6.31. The molecule has 1 atom stereocenters. The van der Waals surface area contributed by atoms with E-state index in [9.17, 15) is 4.79 Å². The number of benzene rings is 1. The second kappa shape index (κ2) is 7.36. The summed E-state index contributed by atoms with van der Waals surface area (Å²) in [6.07, 6.45) is 0.274. The molecule has 0 saturated carbocycles. The van der Waals surface area contributed by atoms with Gasteiger partial charge in [-0.05, 0) is 31.0 Å². The highest BCUT2D eigenvalue weighted by atomic mass is 35.5. The van der Waals surface area contributed by atoms with Gasteiger partial charge >= 0.3 is 0 Å². The van der Waals surface area contributed by atoms with Crippen molar-refractivity contribution < 1.29 is 9.53 Å². The van der Waals surface area contributed by atoms with Crippen LogP contribution in [0.5, 0.6) is 5.75 Å². The molecular weight excluding hydrogens is 264 g/mol. The Kier molecular flexibility index (Phi) is 6.12. The Bertz CT molecular complexity index is 435. The summed E-state index contributed by atoms with van der Waals surface area (Å²) < 4.78 is 5.44. The van der Waals surface area contributed by atoms with Crippen LogP contribution >= 0.6 is 11.6 Å². The Labute approximate surface area is 119 Å². The smallest absolute Gasteiger partial charge is 0.226 e. The van der Waals surface area contributed by atoms with Crippen molar-refractivity contribution in [1.82, 2.24) is 0 Å². The van der Waals surface area contributed by atoms with Gasteiger partial charge in [-0.2, -0.15) is 0 Å². The molecule has 106 valence electrons. The van der Waals surface area contributed by atoms with E-state index in [1.165, 1.54) is 0 Å². The fraction of sp³-hybridized carbons (Fsp3) is 0.500. The van der Waals surface area contributed by atoms with Gasteiger partial charge in [-0.25, -0.2) is 0 Å². The highest BCUT2D eigenvalue weighted by Crippen LogP contribution is 2.28. The summed E-state index contributed by atoms with van der Waals surface area (Å²) in [5, 5.41) is 3.34. The molecule has 0 fully saturated rings. The van der Waals surface area contributed by atoms with E-state index in [1.807, 2.05) is 20.8 Å². The average Bonchev–Trinajstić information content (AvgIpc) is 2.32. The molecule has 1 amide bonds. The first-order valence-electron chi connectivity index (χ1n) is 6.41. The van der Waals surface area contributed by atoms with Crippen LogP contribution in [-0.4, -0.2) is 18.6 Å². The van der Waals surface area contributed by atoms with Crippen LogP contribution in [0.15, 0.2) is 18.2 Å². The van der Waals surface area contributed by atoms with Crippen LogP contribution in [0.3, 0.4) is 0 Å². The number of carbonyl (C=O) groups excluding carboxylic acids is 1. The molecule has 0 bridgehead atoms. The summed E-state index contributed by atoms with van der Waals surface area (Å²) in [5.74, 6) is 0.735. The van der Waals surface area contributed by atoms with Crippen LogP contribution in [0.2, 0.25) is 5.02 Å². The Balaban J connectivity index is 2.75. The van der Waals surface area contributed by atoms with Gasteiger partial charge in [0.1, 0.15) is 5.75 Å². The zero-order chi connectivity index (χ0) is 14.4. The van der Waals surface area contributed by atoms with Gasteiger partial charge in [-0.1, -0.05) is 25.4 Å². The number of carbonyl (C=O) groups is 1. The summed E-state index contributed by atoms with van der Waals surface area (Å²) in [6.45, 7) is 6.39. The van der Waals surface area contributed by atoms with Crippen LogP contribution < -0.4 is 15.8 Å². The second-order valence-electron chi connectivity index (χ2n) is 4.73. The fourth-order valence-corrected chi connectivity index (χ4v) is 1.70. The predicted molar refractivity (Wildman–Crippen MR) is 78.7 cm³/mol. The number of anilines is 1. The molecule has 0 aromatic heterocycles. The minimum atomic E-state index is -0.158. The molecule has 4 nitrogen and oxygen atoms in total. The molecule has 0 aliphatic heterocycles. The van der Waals surface area contributed by atoms with E-state index >= 15 is 0 Å². The lowest BCUT2D eigenvalue weighted by molar-refractivity contribution is -0.116. The third kappa shape index (κ3) is 5.09. The normalized spacial score (nSPS) is 12.3. The van der Waals surface area contributed by atoms with Crippen LogP contribution in [0, 0.1) is 5.92 Å². The van der Waals surface area contributed by atoms with Crippen LogP contribution in [0.1, 0.15) is 27.2 Å². The van der Waals surface area contributed by atoms with Crippen LogP contribution in [0.25, 0.3) is 0 Å². The monoisotopic (exact) mass is 284 g/mol. The zero-order valence-electron chi connectivity index (χ0n) is 11.6. The summed E-state index contributed by atoms with van der Waals surface area (Å²) in [5.41, 5.74) is 6.46. The van der Waals surface area contributed by atoms with Crippen molar-refractivity contribution in [3.8, 4) is 5.75 Å². The topological polar surface area (TPSA) is 64.3 Å². The number of halogens is 1. The van der Waals surface area contributed by atoms with E-state index in [0.29, 0.717) is 23.1 Å². The summed E-state index contributed by atoms with van der Waals surface area (Å²) in [6, 6.07) is 4.98. The summed E-state index contributed by atoms with van der Waals surface area (Å²) in [4.78, 5) is 11.9. The SMILES string of the molecule is CCOc1ccc(Cl)cc1NC(=O)CC(N)C(C)C. The van der Waals surface area contributed by atoms with E-state index < -0.39 is 0 Å². The molecule has 0 aliphatic rings. The summed E-state index contributed by atoms with van der Waals surface area (Å²) in [7, 11) is 0. The molecule has 0 heterocycles. The molecule has 0 radical (unpaired) electrons. The molecule has 0 aliphatic carbocycles. The third-order valence-electron chi connectivity index (χ3n) is 2.79. The number of amides is 1. The lowest BCUT2D eigenvalue weighted by Crippen LogP contribution is -2.31. The van der Waals surface area contributed by atoms with Crippen molar-refractivity contribution in [3.63, 3.8) is 0 Å². The van der Waals surface area contributed by atoms with Gasteiger partial charge in [-0.3, -0.25) is 4.79 Å². The lowest BCUT2D eigenvalue weighted by Gasteiger charge is -2.16. The number of ether oxygens (including phenoxy) is 1. The first-order chi connectivity index (χ1) is 8.93. The average molecular weight is 285 g/mol. The maximum atomic E-state index is 11.9. The fourth-order valence-electron chi connectivity index (χ4n) is 1.53. The van der Waals surface area contributed by atoms with Gasteiger partial charge in [0, 0.05) is 17.5 Å². The Hall–Kier alpha value is -1.26. The van der Waals surface area contributed by atoms with Crippen molar-refractivity contribution in [3.05, 3.63) is 23.2 Å². The predicted octanol–water partition coefficient (Wildman–Crippen LogP) is 3.05. The molecular formula is C14H21ClN2O2. The van der Waals surface area contributed by atoms with Gasteiger partial charge in [-0.15, -0.1) is 0 Å². The van der Waals surface area contributed by atoms with Crippen LogP contribution in [-0.2, 0) is 4.79 Å². The first kappa shape index (κ1) is 15.8. The van der Waals surface area contributed by atoms with Gasteiger partial charge in [0.25, 0.3) is 0 Å². The molecule has 1 aromatic rings. The minimum absolute atomic E-state index is 0.135. The number of hydrogen-bond donors (Lipinski definition) is 2. The van der Waals surface area contributed by atoms with Gasteiger partial charge < -0.3 is 15.8 Å². The number of hydrogen-bond acceptors (Lipinski definition) is 3. The van der Waals surface area contributed by atoms with Crippen molar-refractivity contribution in [2.45, 2.75) is 33.2 Å². The van der Waals surface area contributed by atoms with Crippen molar-refractivity contribution in [1.29, 1.82) is 0 Å². The molecule has 1 rings (SSSR count). The molecule has 0 saturated heterocycles. The van der Waals surface area contributed by atoms with E-state index in [1.54, 1.807) is 18.2 Å². The van der Waals surface area contributed by atoms with Gasteiger partial charge in [0.05, 0.1) is 12.3 Å². The maximum absolute atomic E-state index is 11.9. The lowest BCUT2D eigenvalue weighted by atomic mass is 10.0. The standard InChI is InChI=1S/C14H21ClN2O2/c1-4-19-13-6-5-10(15)7-12(13)17-14(18)8-11(16)9(2)3/h5-7,9,11H,4,8,16H2,1-3H3,(H,17,18). The second-order valence-corrected chi connectivity index (χ2v) is 5.17. The molecule has 5 heteroatoms. The minimum Gasteiger partial charge on any atom is -0.492 e. The highest BCUT2D eigenvalue weighted by Gasteiger charge is 2.14. The summed E-state index contributed by atoms with van der Waals surface area (Å²) >= 11 is 5.93. The van der Waals surface area contributed by atoms with E-state index in [2.05, 4.69) is 5.32 Å². The Morgan fingerprint density at radius 2 is 2.16 bits per heavy atom. The number of nitrogens with two attached hydrogens (primary N) is 1. The van der Waals surface area contributed by atoms with E-state index in [-0.39, 0.29) is 24.3 Å². The van der Waals surface area contributed by atoms with Crippen molar-refractivity contribution >= 4 is 23.2 Å². The molecule has 3 N–H and O–H groups in total.